The normalized spacial score (nSPS) is 16.4. The van der Waals surface area contributed by atoms with Crippen molar-refractivity contribution in [3.8, 4) is 11.3 Å². The topological polar surface area (TPSA) is 148 Å². The van der Waals surface area contributed by atoms with E-state index in [1.54, 1.807) is 25.1 Å². The Kier molecular flexibility index (Phi) is 6.73. The number of amides is 1. The van der Waals surface area contributed by atoms with Crippen molar-refractivity contribution in [2.75, 3.05) is 29.9 Å². The summed E-state index contributed by atoms with van der Waals surface area (Å²) in [5.41, 5.74) is 7.67. The minimum atomic E-state index is -0.838. The number of anilines is 3. The lowest BCUT2D eigenvalue weighted by Gasteiger charge is -2.35. The fraction of sp³-hybridized carbons (Fsp3) is 0.280. The molecular weight excluding hydrogens is 477 g/mol. The predicted octanol–water partition coefficient (Wildman–Crippen LogP) is 2.85. The van der Waals surface area contributed by atoms with E-state index in [-0.39, 0.29) is 11.7 Å². The molecule has 0 saturated carbocycles. The molecule has 4 heterocycles. The summed E-state index contributed by atoms with van der Waals surface area (Å²) >= 11 is 0. The molecule has 1 aliphatic rings. The van der Waals surface area contributed by atoms with E-state index in [0.717, 1.165) is 25.3 Å². The first kappa shape index (κ1) is 24.3. The zero-order valence-corrected chi connectivity index (χ0v) is 20.3. The molecule has 1 aliphatic heterocycles. The third kappa shape index (κ3) is 5.23. The average Bonchev–Trinajstić information content (AvgIpc) is 3.40. The van der Waals surface area contributed by atoms with Crippen LogP contribution in [0.3, 0.4) is 0 Å². The number of pyridine rings is 1. The average molecular weight is 504 g/mol. The highest BCUT2D eigenvalue weighted by Gasteiger charge is 2.22. The number of nitrogens with zero attached hydrogens (tertiary/aromatic N) is 6. The summed E-state index contributed by atoms with van der Waals surface area (Å²) in [4.78, 5) is 30.6. The number of nitrogens with two attached hydrogens (primary N) is 1. The molecule has 37 heavy (non-hydrogen) atoms. The summed E-state index contributed by atoms with van der Waals surface area (Å²) in [6, 6.07) is 10.8. The third-order valence-corrected chi connectivity index (χ3v) is 6.31. The monoisotopic (exact) mass is 503 g/mol. The van der Waals surface area contributed by atoms with Crippen LogP contribution in [0, 0.1) is 5.82 Å². The number of benzene rings is 1. The smallest absolute Gasteiger partial charge is 0.315 e. The lowest BCUT2D eigenvalue weighted by Crippen LogP contribution is -2.49. The van der Waals surface area contributed by atoms with E-state index in [0.29, 0.717) is 34.5 Å². The third-order valence-electron chi connectivity index (χ3n) is 6.31. The van der Waals surface area contributed by atoms with Crippen LogP contribution in [0.2, 0.25) is 0 Å². The number of aromatic nitrogens is 5. The van der Waals surface area contributed by atoms with Crippen LogP contribution in [0.4, 0.5) is 21.7 Å². The number of primary amides is 1. The van der Waals surface area contributed by atoms with Gasteiger partial charge < -0.3 is 25.8 Å². The van der Waals surface area contributed by atoms with Gasteiger partial charge in [0.1, 0.15) is 23.8 Å². The summed E-state index contributed by atoms with van der Waals surface area (Å²) in [5.74, 6) is -0.836. The van der Waals surface area contributed by atoms with E-state index in [4.69, 9.17) is 10.3 Å². The largest absolute Gasteiger partial charge is 0.365 e. The first-order valence-corrected chi connectivity index (χ1v) is 11.8. The maximum absolute atomic E-state index is 15.0. The van der Waals surface area contributed by atoms with Gasteiger partial charge in [0.25, 0.3) is 0 Å². The van der Waals surface area contributed by atoms with Gasteiger partial charge in [0, 0.05) is 43.2 Å². The van der Waals surface area contributed by atoms with Gasteiger partial charge in [-0.25, -0.2) is 19.3 Å². The Hall–Kier alpha value is -4.45. The molecule has 3 aromatic heterocycles. The lowest BCUT2D eigenvalue weighted by molar-refractivity contribution is 0.0958. The van der Waals surface area contributed by atoms with Crippen LogP contribution >= 0.6 is 0 Å². The molecule has 0 spiro atoms. The van der Waals surface area contributed by atoms with Gasteiger partial charge in [-0.05, 0) is 30.7 Å². The minimum absolute atomic E-state index is 0.166. The van der Waals surface area contributed by atoms with Gasteiger partial charge in [0.05, 0.1) is 17.6 Å². The number of carbonyl (C=O) groups excluding carboxylic acids is 1. The molecule has 0 aliphatic carbocycles. The second-order valence-corrected chi connectivity index (χ2v) is 8.84. The molecular formula is C25H26FN9O2. The summed E-state index contributed by atoms with van der Waals surface area (Å²) in [5, 5.41) is 10.3. The van der Waals surface area contributed by atoms with Crippen LogP contribution in [0.15, 0.2) is 53.4 Å². The summed E-state index contributed by atoms with van der Waals surface area (Å²) in [6.07, 6.45) is 3.26. The Morgan fingerprint density at radius 3 is 2.78 bits per heavy atom. The van der Waals surface area contributed by atoms with Crippen molar-refractivity contribution in [2.45, 2.75) is 25.8 Å². The molecule has 4 N–H and O–H groups in total. The fourth-order valence-electron chi connectivity index (χ4n) is 4.26. The SMILES string of the molecule is C[C@@H](c1noc(C(N)=O)n1)c1ccc(-c2cc(Nc3ccc(N4CCNC[C@@H]4C)cn3)ncn2)cc1F. The molecule has 11 nitrogen and oxygen atoms in total. The van der Waals surface area contributed by atoms with E-state index in [1.165, 1.54) is 12.4 Å². The van der Waals surface area contributed by atoms with Gasteiger partial charge in [0.15, 0.2) is 5.82 Å². The van der Waals surface area contributed by atoms with Crippen LogP contribution in [0.25, 0.3) is 11.3 Å². The maximum Gasteiger partial charge on any atom is 0.315 e. The quantitative estimate of drug-likeness (QED) is 0.344. The zero-order chi connectivity index (χ0) is 25.9. The molecule has 0 unspecified atom stereocenters. The Labute approximate surface area is 212 Å². The van der Waals surface area contributed by atoms with Crippen LogP contribution in [-0.2, 0) is 0 Å². The van der Waals surface area contributed by atoms with Gasteiger partial charge in [-0.3, -0.25) is 4.79 Å². The molecule has 1 aromatic carbocycles. The van der Waals surface area contributed by atoms with E-state index in [1.807, 2.05) is 18.3 Å². The number of halogens is 1. The van der Waals surface area contributed by atoms with Crippen LogP contribution in [-0.4, -0.2) is 56.7 Å². The van der Waals surface area contributed by atoms with Crippen molar-refractivity contribution < 1.29 is 13.7 Å². The molecule has 0 radical (unpaired) electrons. The molecule has 4 aromatic rings. The minimum Gasteiger partial charge on any atom is -0.365 e. The van der Waals surface area contributed by atoms with Gasteiger partial charge in [-0.1, -0.05) is 24.2 Å². The van der Waals surface area contributed by atoms with Crippen LogP contribution in [0.5, 0.6) is 0 Å². The second kappa shape index (κ2) is 10.3. The number of piperazine rings is 1. The molecule has 1 fully saturated rings. The number of nitrogens with one attached hydrogen (secondary N) is 2. The Morgan fingerprint density at radius 1 is 1.22 bits per heavy atom. The maximum atomic E-state index is 15.0. The van der Waals surface area contributed by atoms with Crippen LogP contribution < -0.4 is 21.3 Å². The predicted molar refractivity (Wildman–Crippen MR) is 135 cm³/mol. The van der Waals surface area contributed by atoms with Gasteiger partial charge in [-0.2, -0.15) is 4.98 Å². The van der Waals surface area contributed by atoms with Crippen molar-refractivity contribution in [3.63, 3.8) is 0 Å². The molecule has 2 atom stereocenters. The van der Waals surface area contributed by atoms with Crippen molar-refractivity contribution in [1.82, 2.24) is 30.4 Å². The molecule has 0 bridgehead atoms. The van der Waals surface area contributed by atoms with Crippen molar-refractivity contribution in [3.05, 3.63) is 72.0 Å². The van der Waals surface area contributed by atoms with Gasteiger partial charge >= 0.3 is 11.8 Å². The molecule has 1 saturated heterocycles. The van der Waals surface area contributed by atoms with Crippen molar-refractivity contribution >= 4 is 23.2 Å². The van der Waals surface area contributed by atoms with E-state index in [9.17, 15) is 4.79 Å². The highest BCUT2D eigenvalue weighted by atomic mass is 19.1. The zero-order valence-electron chi connectivity index (χ0n) is 20.3. The highest BCUT2D eigenvalue weighted by molar-refractivity contribution is 5.87. The number of carbonyl (C=O) groups is 1. The molecule has 12 heteroatoms. The lowest BCUT2D eigenvalue weighted by atomic mass is 9.97. The van der Waals surface area contributed by atoms with Crippen molar-refractivity contribution in [2.24, 2.45) is 5.73 Å². The summed E-state index contributed by atoms with van der Waals surface area (Å²) in [6.45, 7) is 6.71. The van der Waals surface area contributed by atoms with Gasteiger partial charge in [-0.15, -0.1) is 0 Å². The van der Waals surface area contributed by atoms with E-state index >= 15 is 4.39 Å². The Morgan fingerprint density at radius 2 is 2.08 bits per heavy atom. The molecule has 5 rings (SSSR count). The Bertz CT molecular complexity index is 1410. The van der Waals surface area contributed by atoms with Crippen LogP contribution in [0.1, 0.15) is 41.8 Å². The molecule has 1 amide bonds. The Balaban J connectivity index is 1.31. The first-order chi connectivity index (χ1) is 17.9. The fourth-order valence-corrected chi connectivity index (χ4v) is 4.26. The van der Waals surface area contributed by atoms with Gasteiger partial charge in [0.2, 0.25) is 0 Å². The standard InChI is InChI=1S/C25H26FN9O2/c1-14-11-28-7-8-35(14)17-4-6-21(29-12-17)32-22-10-20(30-13-31-22)16-3-5-18(19(26)9-16)15(2)24-33-25(23(27)36)37-34-24/h3-6,9-10,12-15,28H,7-8,11H2,1-2H3,(H2,27,36)(H,29,30,31,32)/t14-,15+/m0/s1. The van der Waals surface area contributed by atoms with E-state index < -0.39 is 17.6 Å². The van der Waals surface area contributed by atoms with Crippen molar-refractivity contribution in [1.29, 1.82) is 0 Å². The summed E-state index contributed by atoms with van der Waals surface area (Å²) in [7, 11) is 0. The second-order valence-electron chi connectivity index (χ2n) is 8.84. The number of hydrogen-bond acceptors (Lipinski definition) is 10. The molecule has 190 valence electrons. The highest BCUT2D eigenvalue weighted by Crippen LogP contribution is 2.29. The first-order valence-electron chi connectivity index (χ1n) is 11.8. The number of hydrogen-bond donors (Lipinski definition) is 3. The van der Waals surface area contributed by atoms with E-state index in [2.05, 4.69) is 47.5 Å². The number of rotatable bonds is 7. The summed E-state index contributed by atoms with van der Waals surface area (Å²) < 4.78 is 19.9.